The van der Waals surface area contributed by atoms with Gasteiger partial charge >= 0.3 is 5.97 Å². The number of hydrogen-bond acceptors (Lipinski definition) is 3. The van der Waals surface area contributed by atoms with Gasteiger partial charge in [-0.05, 0) is 6.92 Å². The zero-order valence-electron chi connectivity index (χ0n) is 10.4. The molecule has 1 atom stereocenters. The summed E-state index contributed by atoms with van der Waals surface area (Å²) >= 11 is 0. The quantitative estimate of drug-likeness (QED) is 0.342. The highest BCUT2D eigenvalue weighted by atomic mass is 28.3. The van der Waals surface area contributed by atoms with Crippen LogP contribution in [-0.4, -0.2) is 24.9 Å². The molecule has 0 saturated carbocycles. The minimum Gasteiger partial charge on any atom is -0.430 e. The van der Waals surface area contributed by atoms with E-state index in [0.717, 1.165) is 6.04 Å². The van der Waals surface area contributed by atoms with Gasteiger partial charge in [0.15, 0.2) is 0 Å². The van der Waals surface area contributed by atoms with Gasteiger partial charge in [-0.1, -0.05) is 32.3 Å². The first kappa shape index (κ1) is 14.4. The fourth-order valence-electron chi connectivity index (χ4n) is 0.945. The van der Waals surface area contributed by atoms with Crippen LogP contribution in [0.25, 0.3) is 0 Å². The molecule has 3 nitrogen and oxygen atoms in total. The van der Waals surface area contributed by atoms with Gasteiger partial charge < -0.3 is 9.84 Å². The highest BCUT2D eigenvalue weighted by molar-refractivity contribution is 6.76. The first-order valence-corrected chi connectivity index (χ1v) is 8.85. The molecule has 0 aromatic carbocycles. The Morgan fingerprint density at radius 1 is 1.47 bits per heavy atom. The second-order valence-electron chi connectivity index (χ2n) is 5.41. The summed E-state index contributed by atoms with van der Waals surface area (Å²) < 4.78 is 4.93. The molecule has 0 aliphatic heterocycles. The lowest BCUT2D eigenvalue weighted by Crippen LogP contribution is -2.34. The Morgan fingerprint density at radius 3 is 2.27 bits per heavy atom. The van der Waals surface area contributed by atoms with E-state index in [2.05, 4.69) is 26.2 Å². The van der Waals surface area contributed by atoms with E-state index in [9.17, 15) is 9.90 Å². The van der Waals surface area contributed by atoms with Crippen molar-refractivity contribution in [2.75, 3.05) is 0 Å². The van der Waals surface area contributed by atoms with Gasteiger partial charge in [-0.25, -0.2) is 4.79 Å². The Kier molecular flexibility index (Phi) is 4.74. The molecule has 0 aromatic rings. The molecule has 1 unspecified atom stereocenters. The number of carbonyl (C=O) groups is 1. The lowest BCUT2D eigenvalue weighted by Gasteiger charge is -2.26. The minimum absolute atomic E-state index is 0.309. The van der Waals surface area contributed by atoms with E-state index >= 15 is 0 Å². The van der Waals surface area contributed by atoms with E-state index in [1.165, 1.54) is 6.92 Å². The van der Waals surface area contributed by atoms with Gasteiger partial charge in [0.25, 0.3) is 0 Å². The molecule has 88 valence electrons. The molecule has 0 aliphatic carbocycles. The number of ether oxygens (including phenoxy) is 1. The van der Waals surface area contributed by atoms with Gasteiger partial charge in [-0.2, -0.15) is 0 Å². The highest BCUT2D eigenvalue weighted by Gasteiger charge is 2.28. The predicted molar refractivity (Wildman–Crippen MR) is 64.3 cm³/mol. The zero-order chi connectivity index (χ0) is 12.3. The van der Waals surface area contributed by atoms with Crippen LogP contribution in [0.3, 0.4) is 0 Å². The molecule has 0 bridgehead atoms. The van der Waals surface area contributed by atoms with E-state index < -0.39 is 19.8 Å². The summed E-state index contributed by atoms with van der Waals surface area (Å²) in [7, 11) is -1.22. The molecular weight excluding hydrogens is 208 g/mol. The highest BCUT2D eigenvalue weighted by Crippen LogP contribution is 2.21. The minimum atomic E-state index is -1.36. The van der Waals surface area contributed by atoms with Crippen LogP contribution in [0.1, 0.15) is 20.3 Å². The van der Waals surface area contributed by atoms with Gasteiger partial charge in [-0.15, -0.1) is 0 Å². The van der Waals surface area contributed by atoms with Gasteiger partial charge in [0.2, 0.25) is 5.79 Å². The summed E-state index contributed by atoms with van der Waals surface area (Å²) in [6, 6.07) is 0.920. The molecule has 0 spiro atoms. The smallest absolute Gasteiger partial charge is 0.335 e. The summed E-state index contributed by atoms with van der Waals surface area (Å²) in [6.45, 7) is 13.2. The molecule has 0 aliphatic rings. The Balaban J connectivity index is 4.19. The number of carbonyl (C=O) groups excluding carboxylic acids is 1. The fourth-order valence-corrected chi connectivity index (χ4v) is 2.16. The monoisotopic (exact) mass is 230 g/mol. The molecule has 0 saturated heterocycles. The van der Waals surface area contributed by atoms with Crippen molar-refractivity contribution in [1.29, 1.82) is 0 Å². The summed E-state index contributed by atoms with van der Waals surface area (Å²) in [6.07, 6.45) is 0.488. The molecule has 0 amide bonds. The topological polar surface area (TPSA) is 46.5 Å². The fraction of sp³-hybridized carbons (Fsp3) is 0.727. The van der Waals surface area contributed by atoms with Crippen molar-refractivity contribution < 1.29 is 14.6 Å². The van der Waals surface area contributed by atoms with E-state index in [0.29, 0.717) is 12.0 Å². The maximum atomic E-state index is 11.2. The van der Waals surface area contributed by atoms with Crippen molar-refractivity contribution in [2.24, 2.45) is 0 Å². The number of hydrogen-bond donors (Lipinski definition) is 1. The number of rotatable bonds is 5. The van der Waals surface area contributed by atoms with Crippen molar-refractivity contribution in [3.63, 3.8) is 0 Å². The van der Waals surface area contributed by atoms with Crippen LogP contribution < -0.4 is 0 Å². The molecule has 0 rings (SSSR count). The predicted octanol–water partition coefficient (Wildman–Crippen LogP) is 2.54. The second kappa shape index (κ2) is 4.94. The third kappa shape index (κ3) is 7.33. The molecule has 0 radical (unpaired) electrons. The van der Waals surface area contributed by atoms with Crippen molar-refractivity contribution in [2.45, 2.75) is 51.7 Å². The molecule has 1 N–H and O–H groups in total. The number of aliphatic hydroxyl groups is 1. The standard InChI is InChI=1S/C11H22O3Si/c1-9(2)10(12)14-11(3,13)7-8-15(4,5)6/h13H,1,7-8H2,2-6H3. The first-order chi connectivity index (χ1) is 6.53. The third-order valence-corrected chi connectivity index (χ3v) is 3.75. The number of esters is 1. The van der Waals surface area contributed by atoms with Crippen molar-refractivity contribution in [1.82, 2.24) is 0 Å². The Hall–Kier alpha value is -0.613. The molecular formula is C11H22O3Si. The molecule has 0 aromatic heterocycles. The lowest BCUT2D eigenvalue weighted by atomic mass is 10.2. The normalized spacial score (nSPS) is 15.6. The summed E-state index contributed by atoms with van der Waals surface area (Å²) in [5.74, 6) is -1.90. The summed E-state index contributed by atoms with van der Waals surface area (Å²) in [5.41, 5.74) is 0.309. The first-order valence-electron chi connectivity index (χ1n) is 5.15. The van der Waals surface area contributed by atoms with Crippen molar-refractivity contribution in [3.8, 4) is 0 Å². The molecule has 0 heterocycles. The van der Waals surface area contributed by atoms with Crippen LogP contribution in [0.15, 0.2) is 12.2 Å². The third-order valence-electron chi connectivity index (χ3n) is 2.00. The van der Waals surface area contributed by atoms with Crippen LogP contribution in [0.2, 0.25) is 25.7 Å². The van der Waals surface area contributed by atoms with Crippen LogP contribution in [0.4, 0.5) is 0 Å². The Morgan fingerprint density at radius 2 is 1.93 bits per heavy atom. The van der Waals surface area contributed by atoms with Crippen LogP contribution in [-0.2, 0) is 9.53 Å². The Labute approximate surface area is 93.1 Å². The lowest BCUT2D eigenvalue weighted by molar-refractivity contribution is -0.198. The molecule has 4 heteroatoms. The van der Waals surface area contributed by atoms with E-state index in [1.54, 1.807) is 6.92 Å². The van der Waals surface area contributed by atoms with Gasteiger partial charge in [0.1, 0.15) is 0 Å². The second-order valence-corrected chi connectivity index (χ2v) is 11.0. The van der Waals surface area contributed by atoms with Gasteiger partial charge in [-0.3, -0.25) is 0 Å². The SMILES string of the molecule is C=C(C)C(=O)OC(C)(O)CC[Si](C)(C)C. The van der Waals surface area contributed by atoms with Crippen molar-refractivity contribution in [3.05, 3.63) is 12.2 Å². The average molecular weight is 230 g/mol. The molecule has 0 fully saturated rings. The zero-order valence-corrected chi connectivity index (χ0v) is 11.4. The average Bonchev–Trinajstić information content (AvgIpc) is 1.99. The van der Waals surface area contributed by atoms with Gasteiger partial charge in [0, 0.05) is 27.0 Å². The van der Waals surface area contributed by atoms with E-state index in [1.807, 2.05) is 0 Å². The van der Waals surface area contributed by atoms with E-state index in [4.69, 9.17) is 4.74 Å². The molecule has 15 heavy (non-hydrogen) atoms. The van der Waals surface area contributed by atoms with Gasteiger partial charge in [0.05, 0.1) is 0 Å². The van der Waals surface area contributed by atoms with Crippen LogP contribution >= 0.6 is 0 Å². The summed E-state index contributed by atoms with van der Waals surface area (Å²) in [4.78, 5) is 11.2. The van der Waals surface area contributed by atoms with E-state index in [-0.39, 0.29) is 0 Å². The maximum Gasteiger partial charge on any atom is 0.335 e. The Bertz CT molecular complexity index is 251. The summed E-state index contributed by atoms with van der Waals surface area (Å²) in [5, 5.41) is 9.84. The van der Waals surface area contributed by atoms with Crippen LogP contribution in [0, 0.1) is 0 Å². The maximum absolute atomic E-state index is 11.2. The largest absolute Gasteiger partial charge is 0.430 e. The van der Waals surface area contributed by atoms with Crippen LogP contribution in [0.5, 0.6) is 0 Å². The van der Waals surface area contributed by atoms with Crippen molar-refractivity contribution >= 4 is 14.0 Å².